The van der Waals surface area contributed by atoms with Gasteiger partial charge in [-0.25, -0.2) is 0 Å². The van der Waals surface area contributed by atoms with Crippen LogP contribution < -0.4 is 5.73 Å². The van der Waals surface area contributed by atoms with Crippen LogP contribution in [0.25, 0.3) is 0 Å². The van der Waals surface area contributed by atoms with Gasteiger partial charge in [-0.2, -0.15) is 0 Å². The third kappa shape index (κ3) is 3.30. The van der Waals surface area contributed by atoms with Crippen molar-refractivity contribution in [2.24, 2.45) is 5.73 Å². The summed E-state index contributed by atoms with van der Waals surface area (Å²) in [7, 11) is 0. The fourth-order valence-corrected chi connectivity index (χ4v) is 1.02. The molecule has 1 atom stereocenters. The normalized spacial score (nSPS) is 20.2. The number of carbonyl (C=O) groups excluding carboxylic acids is 1. The van der Waals surface area contributed by atoms with Crippen molar-refractivity contribution in [3.63, 3.8) is 0 Å². The summed E-state index contributed by atoms with van der Waals surface area (Å²) in [6.45, 7) is 2.02. The van der Waals surface area contributed by atoms with Crippen molar-refractivity contribution >= 4 is 5.97 Å². The van der Waals surface area contributed by atoms with Crippen LogP contribution in [0.5, 0.6) is 0 Å². The summed E-state index contributed by atoms with van der Waals surface area (Å²) in [5, 5.41) is 0. The molecule has 2 N–H and O–H groups in total. The van der Waals surface area contributed by atoms with E-state index in [-0.39, 0.29) is 0 Å². The average molecular weight is 189 g/mol. The van der Waals surface area contributed by atoms with Crippen molar-refractivity contribution < 1.29 is 19.0 Å². The fourth-order valence-electron chi connectivity index (χ4n) is 1.02. The van der Waals surface area contributed by atoms with E-state index in [1.165, 1.54) is 0 Å². The highest BCUT2D eigenvalue weighted by atomic mass is 16.9. The van der Waals surface area contributed by atoms with Crippen molar-refractivity contribution in [2.45, 2.75) is 32.3 Å². The molecule has 1 aliphatic heterocycles. The van der Waals surface area contributed by atoms with Crippen molar-refractivity contribution in [3.8, 4) is 0 Å². The van der Waals surface area contributed by atoms with E-state index in [0.717, 1.165) is 6.42 Å². The fraction of sp³-hybridized carbons (Fsp3) is 0.875. The topological polar surface area (TPSA) is 70.8 Å². The molecule has 0 radical (unpaired) electrons. The number of esters is 1. The molecule has 0 aliphatic carbocycles. The Morgan fingerprint density at radius 2 is 2.23 bits per heavy atom. The highest BCUT2D eigenvalue weighted by Crippen LogP contribution is 2.07. The van der Waals surface area contributed by atoms with Crippen LogP contribution in [0.4, 0.5) is 0 Å². The summed E-state index contributed by atoms with van der Waals surface area (Å²) >= 11 is 0. The Kier molecular flexibility index (Phi) is 4.14. The van der Waals surface area contributed by atoms with E-state index in [0.29, 0.717) is 19.6 Å². The van der Waals surface area contributed by atoms with E-state index in [1.54, 1.807) is 0 Å². The highest BCUT2D eigenvalue weighted by Gasteiger charge is 2.23. The molecule has 1 fully saturated rings. The molecular formula is C8H15NO4. The predicted molar refractivity (Wildman–Crippen MR) is 44.7 cm³/mol. The lowest BCUT2D eigenvalue weighted by Crippen LogP contribution is -2.35. The van der Waals surface area contributed by atoms with Crippen molar-refractivity contribution in [1.29, 1.82) is 0 Å². The minimum atomic E-state index is -0.851. The van der Waals surface area contributed by atoms with Gasteiger partial charge in [0.2, 0.25) is 0 Å². The van der Waals surface area contributed by atoms with Crippen LogP contribution in [0.15, 0.2) is 0 Å². The molecule has 5 heteroatoms. The third-order valence-corrected chi connectivity index (χ3v) is 1.71. The van der Waals surface area contributed by atoms with Crippen molar-refractivity contribution in [2.75, 3.05) is 13.2 Å². The zero-order chi connectivity index (χ0) is 9.68. The van der Waals surface area contributed by atoms with Crippen LogP contribution >= 0.6 is 0 Å². The smallest absolute Gasteiger partial charge is 0.326 e. The average Bonchev–Trinajstić information content (AvgIpc) is 2.57. The van der Waals surface area contributed by atoms with Crippen LogP contribution in [-0.4, -0.2) is 31.7 Å². The van der Waals surface area contributed by atoms with Gasteiger partial charge in [-0.05, 0) is 6.42 Å². The lowest BCUT2D eigenvalue weighted by Gasteiger charge is -2.13. The molecule has 1 aliphatic rings. The quantitative estimate of drug-likeness (QED) is 0.630. The first kappa shape index (κ1) is 10.4. The standard InChI is InChI=1S/C8H15NO4/c1-2-3-6(9)7(10)13-8-11-4-5-12-8/h6,8H,2-5,9H2,1H3/t6-/m0/s1. The minimum absolute atomic E-state index is 0.459. The predicted octanol–water partition coefficient (Wildman–Crippen LogP) is -0.0126. The van der Waals surface area contributed by atoms with Crippen LogP contribution in [0.2, 0.25) is 0 Å². The Labute approximate surface area is 77.1 Å². The second kappa shape index (κ2) is 5.16. The Morgan fingerprint density at radius 3 is 2.77 bits per heavy atom. The second-order valence-electron chi connectivity index (χ2n) is 2.86. The summed E-state index contributed by atoms with van der Waals surface area (Å²) < 4.78 is 14.7. The Bertz CT molecular complexity index is 168. The van der Waals surface area contributed by atoms with E-state index in [1.807, 2.05) is 6.92 Å². The van der Waals surface area contributed by atoms with Crippen LogP contribution in [0, 0.1) is 0 Å². The molecule has 5 nitrogen and oxygen atoms in total. The molecule has 0 aromatic carbocycles. The molecule has 0 unspecified atom stereocenters. The SMILES string of the molecule is CCC[C@H](N)C(=O)OC1OCCO1. The first-order valence-electron chi connectivity index (χ1n) is 4.43. The lowest BCUT2D eigenvalue weighted by atomic mass is 10.2. The van der Waals surface area contributed by atoms with E-state index in [2.05, 4.69) is 0 Å². The molecule has 0 aromatic rings. The summed E-state index contributed by atoms with van der Waals surface area (Å²) in [6.07, 6.45) is 1.47. The van der Waals surface area contributed by atoms with Gasteiger partial charge in [0, 0.05) is 0 Å². The number of rotatable bonds is 4. The largest absolute Gasteiger partial charge is 0.409 e. The number of hydrogen-bond donors (Lipinski definition) is 1. The molecule has 76 valence electrons. The van der Waals surface area contributed by atoms with E-state index >= 15 is 0 Å². The third-order valence-electron chi connectivity index (χ3n) is 1.71. The molecule has 0 aromatic heterocycles. The summed E-state index contributed by atoms with van der Waals surface area (Å²) in [5.74, 6) is -0.464. The van der Waals surface area contributed by atoms with Gasteiger partial charge in [0.05, 0.1) is 13.2 Å². The van der Waals surface area contributed by atoms with Crippen LogP contribution in [0.3, 0.4) is 0 Å². The molecule has 0 saturated carbocycles. The molecule has 13 heavy (non-hydrogen) atoms. The Morgan fingerprint density at radius 1 is 1.62 bits per heavy atom. The van der Waals surface area contributed by atoms with Gasteiger partial charge in [-0.3, -0.25) is 4.79 Å². The first-order valence-corrected chi connectivity index (χ1v) is 4.43. The summed E-state index contributed by atoms with van der Waals surface area (Å²) in [4.78, 5) is 11.2. The van der Waals surface area contributed by atoms with E-state index < -0.39 is 18.5 Å². The summed E-state index contributed by atoms with van der Waals surface area (Å²) in [6, 6.07) is -0.571. The van der Waals surface area contributed by atoms with Gasteiger partial charge in [0.15, 0.2) is 0 Å². The zero-order valence-corrected chi connectivity index (χ0v) is 7.69. The minimum Gasteiger partial charge on any atom is -0.409 e. The van der Waals surface area contributed by atoms with E-state index in [4.69, 9.17) is 19.9 Å². The highest BCUT2D eigenvalue weighted by molar-refractivity contribution is 5.75. The van der Waals surface area contributed by atoms with E-state index in [9.17, 15) is 4.79 Å². The maximum absolute atomic E-state index is 11.2. The molecule has 1 rings (SSSR count). The van der Waals surface area contributed by atoms with Gasteiger partial charge < -0.3 is 19.9 Å². The molecule has 1 heterocycles. The molecule has 0 bridgehead atoms. The maximum atomic E-state index is 11.2. The van der Waals surface area contributed by atoms with Crippen LogP contribution in [-0.2, 0) is 19.0 Å². The zero-order valence-electron chi connectivity index (χ0n) is 7.69. The molecule has 0 spiro atoms. The van der Waals surface area contributed by atoms with Gasteiger partial charge in [-0.1, -0.05) is 13.3 Å². The number of ether oxygens (including phenoxy) is 3. The molecule has 0 amide bonds. The number of carbonyl (C=O) groups is 1. The van der Waals surface area contributed by atoms with Gasteiger partial charge in [-0.15, -0.1) is 0 Å². The van der Waals surface area contributed by atoms with Gasteiger partial charge in [0.25, 0.3) is 0 Å². The molecular weight excluding hydrogens is 174 g/mol. The van der Waals surface area contributed by atoms with Crippen molar-refractivity contribution in [1.82, 2.24) is 0 Å². The second-order valence-corrected chi connectivity index (χ2v) is 2.86. The molecule has 1 saturated heterocycles. The Balaban J connectivity index is 2.22. The monoisotopic (exact) mass is 189 g/mol. The van der Waals surface area contributed by atoms with Crippen molar-refractivity contribution in [3.05, 3.63) is 0 Å². The number of hydrogen-bond acceptors (Lipinski definition) is 5. The number of nitrogens with two attached hydrogens (primary N) is 1. The lowest BCUT2D eigenvalue weighted by molar-refractivity contribution is -0.228. The van der Waals surface area contributed by atoms with Gasteiger partial charge >= 0.3 is 12.4 Å². The van der Waals surface area contributed by atoms with Crippen LogP contribution in [0.1, 0.15) is 19.8 Å². The van der Waals surface area contributed by atoms with Gasteiger partial charge in [0.1, 0.15) is 6.04 Å². The summed E-state index contributed by atoms with van der Waals surface area (Å²) in [5.41, 5.74) is 5.52. The first-order chi connectivity index (χ1) is 6.24. The maximum Gasteiger partial charge on any atom is 0.326 e. The Hall–Kier alpha value is -0.650.